The van der Waals surface area contributed by atoms with Gasteiger partial charge in [0.15, 0.2) is 0 Å². The number of thioether (sulfide) groups is 1. The molecular formula is C12H24N2O4S. The molecule has 0 saturated carbocycles. The summed E-state index contributed by atoms with van der Waals surface area (Å²) >= 11 is 1.55. The number of methoxy groups -OCH3 is 1. The minimum Gasteiger partial charge on any atom is -0.480 e. The lowest BCUT2D eigenvalue weighted by molar-refractivity contribution is -0.139. The first-order chi connectivity index (χ1) is 8.93. The van der Waals surface area contributed by atoms with Crippen molar-refractivity contribution in [2.24, 2.45) is 0 Å². The third kappa shape index (κ3) is 7.27. The Morgan fingerprint density at radius 2 is 2.05 bits per heavy atom. The first-order valence-electron chi connectivity index (χ1n) is 6.21. The Morgan fingerprint density at radius 3 is 2.47 bits per heavy atom. The Hall–Kier alpha value is -0.950. The molecule has 6 nitrogen and oxygen atoms in total. The largest absolute Gasteiger partial charge is 0.480 e. The van der Waals surface area contributed by atoms with Crippen molar-refractivity contribution in [3.63, 3.8) is 0 Å². The summed E-state index contributed by atoms with van der Waals surface area (Å²) in [6.45, 7) is 4.63. The Balaban J connectivity index is 4.52. The number of rotatable bonds is 9. The predicted octanol–water partition coefficient (Wildman–Crippen LogP) is 1.26. The molecule has 0 unspecified atom stereocenters. The van der Waals surface area contributed by atoms with Crippen LogP contribution in [0.25, 0.3) is 0 Å². The predicted molar refractivity (Wildman–Crippen MR) is 76.7 cm³/mol. The molecule has 19 heavy (non-hydrogen) atoms. The number of amides is 2. The van der Waals surface area contributed by atoms with Gasteiger partial charge in [0.25, 0.3) is 0 Å². The Morgan fingerprint density at radius 1 is 1.42 bits per heavy atom. The van der Waals surface area contributed by atoms with Crippen molar-refractivity contribution in [2.75, 3.05) is 32.3 Å². The van der Waals surface area contributed by atoms with Gasteiger partial charge >= 0.3 is 12.0 Å². The lowest BCUT2D eigenvalue weighted by atomic mass is 10.2. The summed E-state index contributed by atoms with van der Waals surface area (Å²) in [4.78, 5) is 24.7. The molecule has 0 heterocycles. The van der Waals surface area contributed by atoms with Crippen LogP contribution >= 0.6 is 11.8 Å². The number of hydrogen-bond donors (Lipinski definition) is 2. The molecule has 0 aromatic heterocycles. The maximum Gasteiger partial charge on any atom is 0.326 e. The van der Waals surface area contributed by atoms with Crippen LogP contribution in [0.5, 0.6) is 0 Å². The molecule has 2 amide bonds. The molecule has 1 atom stereocenters. The summed E-state index contributed by atoms with van der Waals surface area (Å²) < 4.78 is 4.95. The van der Waals surface area contributed by atoms with Crippen LogP contribution < -0.4 is 5.32 Å². The summed E-state index contributed by atoms with van der Waals surface area (Å²) in [5, 5.41) is 11.6. The molecule has 7 heteroatoms. The monoisotopic (exact) mass is 292 g/mol. The number of aliphatic carboxylic acids is 1. The lowest BCUT2D eigenvalue weighted by Gasteiger charge is -2.28. The van der Waals surface area contributed by atoms with Gasteiger partial charge in [0, 0.05) is 19.7 Å². The molecule has 0 aromatic carbocycles. The molecule has 0 aliphatic heterocycles. The second-order valence-electron chi connectivity index (χ2n) is 4.40. The molecule has 0 aliphatic carbocycles. The topological polar surface area (TPSA) is 78.9 Å². The van der Waals surface area contributed by atoms with Gasteiger partial charge in [0.1, 0.15) is 6.04 Å². The fraction of sp³-hybridized carbons (Fsp3) is 0.833. The molecule has 0 aromatic rings. The van der Waals surface area contributed by atoms with E-state index in [-0.39, 0.29) is 12.1 Å². The van der Waals surface area contributed by atoms with Gasteiger partial charge in [-0.3, -0.25) is 0 Å². The molecule has 0 aliphatic rings. The van der Waals surface area contributed by atoms with Gasteiger partial charge < -0.3 is 20.1 Å². The maximum absolute atomic E-state index is 12.1. The third-order valence-corrected chi connectivity index (χ3v) is 3.27. The van der Waals surface area contributed by atoms with Gasteiger partial charge in [-0.15, -0.1) is 0 Å². The average molecular weight is 292 g/mol. The number of ether oxygens (including phenoxy) is 1. The van der Waals surface area contributed by atoms with E-state index < -0.39 is 12.0 Å². The summed E-state index contributed by atoms with van der Waals surface area (Å²) in [7, 11) is 1.56. The van der Waals surface area contributed by atoms with Gasteiger partial charge in [-0.2, -0.15) is 11.8 Å². The molecule has 0 bridgehead atoms. The van der Waals surface area contributed by atoms with Crippen molar-refractivity contribution < 1.29 is 19.4 Å². The molecule has 0 saturated heterocycles. The standard InChI is InChI=1S/C12H24N2O4S/c1-9(2)14(6-7-18-3)12(17)13-10(11(15)16)5-8-19-4/h9-10H,5-8H2,1-4H3,(H,13,17)(H,15,16)/t10-/m0/s1. The quantitative estimate of drug-likeness (QED) is 0.669. The number of urea groups is 1. The Kier molecular flexibility index (Phi) is 9.42. The highest BCUT2D eigenvalue weighted by molar-refractivity contribution is 7.98. The zero-order valence-electron chi connectivity index (χ0n) is 12.0. The smallest absolute Gasteiger partial charge is 0.326 e. The van der Waals surface area contributed by atoms with Crippen LogP contribution in [0.2, 0.25) is 0 Å². The highest BCUT2D eigenvalue weighted by Crippen LogP contribution is 2.04. The van der Waals surface area contributed by atoms with Crippen LogP contribution in [0.15, 0.2) is 0 Å². The van der Waals surface area contributed by atoms with E-state index in [4.69, 9.17) is 9.84 Å². The van der Waals surface area contributed by atoms with Crippen LogP contribution in [-0.2, 0) is 9.53 Å². The van der Waals surface area contributed by atoms with Crippen molar-refractivity contribution in [1.29, 1.82) is 0 Å². The van der Waals surface area contributed by atoms with Crippen molar-refractivity contribution in [3.8, 4) is 0 Å². The maximum atomic E-state index is 12.1. The van der Waals surface area contributed by atoms with E-state index in [2.05, 4.69) is 5.32 Å². The second-order valence-corrected chi connectivity index (χ2v) is 5.39. The van der Waals surface area contributed by atoms with Crippen LogP contribution in [-0.4, -0.2) is 66.4 Å². The summed E-state index contributed by atoms with van der Waals surface area (Å²) in [6, 6.07) is -1.21. The zero-order valence-corrected chi connectivity index (χ0v) is 12.8. The van der Waals surface area contributed by atoms with Crippen LogP contribution in [0.4, 0.5) is 4.79 Å². The highest BCUT2D eigenvalue weighted by atomic mass is 32.2. The molecule has 0 rings (SSSR count). The van der Waals surface area contributed by atoms with E-state index in [1.165, 1.54) is 0 Å². The number of carbonyl (C=O) groups excluding carboxylic acids is 1. The molecule has 0 fully saturated rings. The molecular weight excluding hydrogens is 268 g/mol. The van der Waals surface area contributed by atoms with Crippen LogP contribution in [0.1, 0.15) is 20.3 Å². The Labute approximate surface area is 118 Å². The van der Waals surface area contributed by atoms with E-state index in [1.54, 1.807) is 23.8 Å². The summed E-state index contributed by atoms with van der Waals surface area (Å²) in [5.74, 6) is -0.311. The van der Waals surface area contributed by atoms with E-state index in [9.17, 15) is 9.59 Å². The molecule has 2 N–H and O–H groups in total. The second kappa shape index (κ2) is 9.91. The molecule has 112 valence electrons. The van der Waals surface area contributed by atoms with E-state index >= 15 is 0 Å². The number of nitrogens with zero attached hydrogens (tertiary/aromatic N) is 1. The van der Waals surface area contributed by atoms with Gasteiger partial charge in [-0.25, -0.2) is 9.59 Å². The van der Waals surface area contributed by atoms with Gasteiger partial charge in [-0.1, -0.05) is 0 Å². The van der Waals surface area contributed by atoms with Crippen molar-refractivity contribution >= 4 is 23.8 Å². The number of nitrogens with one attached hydrogen (secondary N) is 1. The minimum atomic E-state index is -1.00. The van der Waals surface area contributed by atoms with Crippen molar-refractivity contribution in [2.45, 2.75) is 32.4 Å². The molecule has 0 radical (unpaired) electrons. The van der Waals surface area contributed by atoms with Gasteiger partial charge in [-0.05, 0) is 32.3 Å². The van der Waals surface area contributed by atoms with Gasteiger partial charge in [0.05, 0.1) is 6.61 Å². The molecule has 0 spiro atoms. The van der Waals surface area contributed by atoms with Crippen molar-refractivity contribution in [3.05, 3.63) is 0 Å². The van der Waals surface area contributed by atoms with Crippen LogP contribution in [0, 0.1) is 0 Å². The third-order valence-electron chi connectivity index (χ3n) is 2.63. The van der Waals surface area contributed by atoms with E-state index in [1.807, 2.05) is 20.1 Å². The van der Waals surface area contributed by atoms with Crippen molar-refractivity contribution in [1.82, 2.24) is 10.2 Å². The normalized spacial score (nSPS) is 12.3. The van der Waals surface area contributed by atoms with Crippen LogP contribution in [0.3, 0.4) is 0 Å². The number of hydrogen-bond acceptors (Lipinski definition) is 4. The zero-order chi connectivity index (χ0) is 14.8. The number of carboxylic acid groups (broad SMARTS) is 1. The lowest BCUT2D eigenvalue weighted by Crippen LogP contribution is -2.51. The SMILES string of the molecule is COCCN(C(=O)N[C@@H](CCSC)C(=O)O)C(C)C. The first-order valence-corrected chi connectivity index (χ1v) is 7.61. The average Bonchev–Trinajstić information content (AvgIpc) is 2.34. The highest BCUT2D eigenvalue weighted by Gasteiger charge is 2.23. The summed E-state index contributed by atoms with van der Waals surface area (Å²) in [6.07, 6.45) is 2.32. The minimum absolute atomic E-state index is 0.00912. The number of carbonyl (C=O) groups is 2. The summed E-state index contributed by atoms with van der Waals surface area (Å²) in [5.41, 5.74) is 0. The number of carboxylic acids is 1. The van der Waals surface area contributed by atoms with E-state index in [0.29, 0.717) is 25.3 Å². The fourth-order valence-corrected chi connectivity index (χ4v) is 1.98. The fourth-order valence-electron chi connectivity index (χ4n) is 1.51. The Bertz CT molecular complexity index is 287. The first kappa shape index (κ1) is 18.0. The van der Waals surface area contributed by atoms with Gasteiger partial charge in [0.2, 0.25) is 0 Å². The van der Waals surface area contributed by atoms with E-state index in [0.717, 1.165) is 0 Å².